The SMILES string of the molecule is CC(C)[C@H]1CCN(C(=O)[C@@H](NC(=O)NC2(CN3Cc4sccc4S3(=O)=O)CCCCC2)C(C)(C)C)[C@@H]1C(=O)NC(CC1CC1)C(=O)C(N)=O. The number of carbonyl (C=O) groups excluding carboxylic acids is 5. The second-order valence-electron chi connectivity index (χ2n) is 15.9. The van der Waals surface area contributed by atoms with Crippen molar-refractivity contribution in [1.29, 1.82) is 0 Å². The number of amides is 5. The average molecular weight is 721 g/mol. The molecule has 4 aliphatic rings. The lowest BCUT2D eigenvalue weighted by molar-refractivity contribution is -0.144. The van der Waals surface area contributed by atoms with E-state index in [1.165, 1.54) is 20.5 Å². The third-order valence-electron chi connectivity index (χ3n) is 10.7. The summed E-state index contributed by atoms with van der Waals surface area (Å²) in [6.07, 6.45) is 6.55. The zero-order valence-corrected chi connectivity index (χ0v) is 30.9. The zero-order chi connectivity index (χ0) is 35.9. The topological polar surface area (TPSA) is 188 Å². The molecule has 3 heterocycles. The van der Waals surface area contributed by atoms with Crippen LogP contribution in [0.15, 0.2) is 16.3 Å². The Morgan fingerprint density at radius 2 is 1.71 bits per heavy atom. The number of thiophene rings is 1. The van der Waals surface area contributed by atoms with E-state index in [1.54, 1.807) is 11.4 Å². The summed E-state index contributed by atoms with van der Waals surface area (Å²) < 4.78 is 28.1. The molecule has 1 saturated heterocycles. The minimum atomic E-state index is -3.67. The van der Waals surface area contributed by atoms with Crippen molar-refractivity contribution >= 4 is 50.9 Å². The van der Waals surface area contributed by atoms with Gasteiger partial charge in [0.05, 0.1) is 16.5 Å². The van der Waals surface area contributed by atoms with Gasteiger partial charge in [0.1, 0.15) is 12.1 Å². The highest BCUT2D eigenvalue weighted by Gasteiger charge is 2.49. The third-order valence-corrected chi connectivity index (χ3v) is 13.6. The highest BCUT2D eigenvalue weighted by Crippen LogP contribution is 2.39. The Morgan fingerprint density at radius 3 is 2.29 bits per heavy atom. The summed E-state index contributed by atoms with van der Waals surface area (Å²) in [5.74, 6) is -2.84. The van der Waals surface area contributed by atoms with Gasteiger partial charge in [0.25, 0.3) is 5.91 Å². The van der Waals surface area contributed by atoms with Gasteiger partial charge in [-0.15, -0.1) is 11.3 Å². The summed E-state index contributed by atoms with van der Waals surface area (Å²) in [6.45, 7) is 10.2. The summed E-state index contributed by atoms with van der Waals surface area (Å²) in [4.78, 5) is 69.3. The van der Waals surface area contributed by atoms with Gasteiger partial charge in [-0.05, 0) is 60.3 Å². The Labute approximate surface area is 293 Å². The number of rotatable bonds is 12. The number of sulfonamides is 1. The lowest BCUT2D eigenvalue weighted by Crippen LogP contribution is -2.64. The smallest absolute Gasteiger partial charge is 0.315 e. The predicted octanol–water partition coefficient (Wildman–Crippen LogP) is 2.88. The number of Topliss-reactive ketones (excluding diaryl/α,β-unsaturated/α-hetero) is 1. The summed E-state index contributed by atoms with van der Waals surface area (Å²) in [5, 5.41) is 10.6. The van der Waals surface area contributed by atoms with Crippen molar-refractivity contribution in [3.05, 3.63) is 16.3 Å². The molecule has 0 spiro atoms. The van der Waals surface area contributed by atoms with Crippen molar-refractivity contribution in [1.82, 2.24) is 25.2 Å². The fourth-order valence-electron chi connectivity index (χ4n) is 7.76. The van der Waals surface area contributed by atoms with Gasteiger partial charge in [0, 0.05) is 24.5 Å². The average Bonchev–Trinajstić information content (AvgIpc) is 3.41. The van der Waals surface area contributed by atoms with E-state index in [4.69, 9.17) is 5.73 Å². The summed E-state index contributed by atoms with van der Waals surface area (Å²) >= 11 is 1.41. The number of urea groups is 1. The van der Waals surface area contributed by atoms with E-state index in [0.29, 0.717) is 30.6 Å². The lowest BCUT2D eigenvalue weighted by atomic mass is 9.81. The minimum absolute atomic E-state index is 0.0318. The molecule has 2 saturated carbocycles. The first kappa shape index (κ1) is 37.2. The molecule has 3 fully saturated rings. The van der Waals surface area contributed by atoms with E-state index in [1.807, 2.05) is 34.6 Å². The minimum Gasteiger partial charge on any atom is -0.363 e. The van der Waals surface area contributed by atoms with E-state index in [2.05, 4.69) is 16.0 Å². The molecule has 15 heteroatoms. The number of likely N-dealkylation sites (tertiary alicyclic amines) is 1. The Morgan fingerprint density at radius 1 is 1.04 bits per heavy atom. The van der Waals surface area contributed by atoms with Crippen LogP contribution in [0.25, 0.3) is 0 Å². The molecule has 5 rings (SSSR count). The third kappa shape index (κ3) is 8.14. The second kappa shape index (κ2) is 14.3. The molecular weight excluding hydrogens is 669 g/mol. The van der Waals surface area contributed by atoms with E-state index in [-0.39, 0.29) is 37.4 Å². The molecule has 49 heavy (non-hydrogen) atoms. The van der Waals surface area contributed by atoms with Crippen LogP contribution in [0.2, 0.25) is 0 Å². The molecule has 1 unspecified atom stereocenters. The molecule has 1 aromatic heterocycles. The molecule has 0 aromatic carbocycles. The Kier molecular flexibility index (Phi) is 10.9. The van der Waals surface area contributed by atoms with Crippen molar-refractivity contribution < 1.29 is 32.4 Å². The Bertz CT molecular complexity index is 1560. The molecule has 0 radical (unpaired) electrons. The molecule has 2 aliphatic heterocycles. The van der Waals surface area contributed by atoms with Gasteiger partial charge in [-0.3, -0.25) is 19.2 Å². The monoisotopic (exact) mass is 720 g/mol. The van der Waals surface area contributed by atoms with Crippen LogP contribution in [-0.2, 0) is 35.7 Å². The first-order valence-electron chi connectivity index (χ1n) is 17.5. The number of hydrogen-bond donors (Lipinski definition) is 4. The molecule has 2 aliphatic carbocycles. The van der Waals surface area contributed by atoms with E-state index in [0.717, 1.165) is 37.0 Å². The number of ketones is 1. The normalized spacial score (nSPS) is 24.6. The van der Waals surface area contributed by atoms with Gasteiger partial charge in [-0.1, -0.05) is 66.7 Å². The van der Waals surface area contributed by atoms with Crippen molar-refractivity contribution in [2.45, 2.75) is 128 Å². The molecule has 0 bridgehead atoms. The van der Waals surface area contributed by atoms with E-state index >= 15 is 0 Å². The van der Waals surface area contributed by atoms with Gasteiger partial charge in [-0.25, -0.2) is 13.2 Å². The van der Waals surface area contributed by atoms with Gasteiger partial charge in [0.15, 0.2) is 0 Å². The van der Waals surface area contributed by atoms with E-state index < -0.39 is 68.6 Å². The fraction of sp³-hybridized carbons (Fsp3) is 0.735. The van der Waals surface area contributed by atoms with Crippen LogP contribution in [0.5, 0.6) is 0 Å². The lowest BCUT2D eigenvalue weighted by Gasteiger charge is -2.41. The van der Waals surface area contributed by atoms with Crippen LogP contribution in [0, 0.1) is 23.2 Å². The number of nitrogens with two attached hydrogens (primary N) is 1. The number of nitrogens with one attached hydrogen (secondary N) is 3. The summed E-state index contributed by atoms with van der Waals surface area (Å²) in [7, 11) is -3.67. The van der Waals surface area contributed by atoms with Crippen LogP contribution >= 0.6 is 11.3 Å². The summed E-state index contributed by atoms with van der Waals surface area (Å²) in [5.41, 5.74) is 3.75. The number of fused-ring (bicyclic) bond motifs is 1. The zero-order valence-electron chi connectivity index (χ0n) is 29.3. The van der Waals surface area contributed by atoms with Gasteiger partial charge < -0.3 is 26.6 Å². The first-order valence-corrected chi connectivity index (χ1v) is 19.9. The molecular formula is C34H52N6O7S2. The van der Waals surface area contributed by atoms with Gasteiger partial charge in [0.2, 0.25) is 27.6 Å². The van der Waals surface area contributed by atoms with Gasteiger partial charge >= 0.3 is 6.03 Å². The van der Waals surface area contributed by atoms with Gasteiger partial charge in [-0.2, -0.15) is 4.31 Å². The first-order chi connectivity index (χ1) is 22.9. The Balaban J connectivity index is 1.34. The maximum absolute atomic E-state index is 14.4. The maximum atomic E-state index is 14.4. The van der Waals surface area contributed by atoms with Crippen molar-refractivity contribution in [2.75, 3.05) is 13.1 Å². The Hall–Kier alpha value is -3.04. The van der Waals surface area contributed by atoms with Crippen molar-refractivity contribution in [2.24, 2.45) is 28.9 Å². The van der Waals surface area contributed by atoms with E-state index in [9.17, 15) is 32.4 Å². The second-order valence-corrected chi connectivity index (χ2v) is 18.8. The molecule has 4 atom stereocenters. The van der Waals surface area contributed by atoms with Crippen LogP contribution in [0.3, 0.4) is 0 Å². The predicted molar refractivity (Wildman–Crippen MR) is 185 cm³/mol. The molecule has 5 amide bonds. The van der Waals surface area contributed by atoms with Crippen molar-refractivity contribution in [3.8, 4) is 0 Å². The molecule has 5 N–H and O–H groups in total. The highest BCUT2D eigenvalue weighted by molar-refractivity contribution is 7.89. The molecule has 13 nitrogen and oxygen atoms in total. The fourth-order valence-corrected chi connectivity index (χ4v) is 10.8. The standard InChI is InChI=1S/C34H52N6O7S2/c1-20(2)22-11-15-40(26(22)30(43)36-23(17-21-9-10-21)27(41)29(35)42)31(44)28(33(3,4)5)37-32(45)38-34(13-7-6-8-14-34)19-39-18-24-25(12-16-48-24)49(39,46)47/h12,16,20-23,26,28H,6-11,13-15,17-19H2,1-5H3,(H2,35,42)(H,36,43)(H2,37,38,45)/t22-,23?,26+,28-/m1/s1. The number of hydrogen-bond acceptors (Lipinski definition) is 8. The maximum Gasteiger partial charge on any atom is 0.315 e. The van der Waals surface area contributed by atoms with Crippen LogP contribution in [0.1, 0.15) is 97.3 Å². The van der Waals surface area contributed by atoms with Crippen LogP contribution in [-0.4, -0.2) is 83.9 Å². The van der Waals surface area contributed by atoms with Crippen molar-refractivity contribution in [3.63, 3.8) is 0 Å². The largest absolute Gasteiger partial charge is 0.363 e. The number of nitrogens with zero attached hydrogens (tertiary/aromatic N) is 2. The quantitative estimate of drug-likeness (QED) is 0.239. The number of primary amides is 1. The molecule has 1 aromatic rings. The summed E-state index contributed by atoms with van der Waals surface area (Å²) in [6, 6.07) is -1.93. The number of carbonyl (C=O) groups is 5. The highest BCUT2D eigenvalue weighted by atomic mass is 32.2. The van der Waals surface area contributed by atoms with Crippen LogP contribution < -0.4 is 21.7 Å². The molecule has 272 valence electrons. The van der Waals surface area contributed by atoms with Crippen LogP contribution in [0.4, 0.5) is 4.79 Å².